The molecule has 0 bridgehead atoms. The SMILES string of the molecule is CC1Cc2cc(/C(O)=C3\C(=O)C(=O)N(c4cccc5ccccc45)C3c3ccncc3)ccc2O1. The summed E-state index contributed by atoms with van der Waals surface area (Å²) in [7, 11) is 0. The number of hydrogen-bond donors (Lipinski definition) is 1. The average Bonchev–Trinajstić information content (AvgIpc) is 3.39. The highest BCUT2D eigenvalue weighted by molar-refractivity contribution is 6.52. The molecule has 1 fully saturated rings. The van der Waals surface area contributed by atoms with Gasteiger partial charge in [0.2, 0.25) is 0 Å². The summed E-state index contributed by atoms with van der Waals surface area (Å²) in [6, 6.07) is 21.5. The average molecular weight is 463 g/mol. The minimum absolute atomic E-state index is 0.0520. The topological polar surface area (TPSA) is 79.7 Å². The summed E-state index contributed by atoms with van der Waals surface area (Å²) in [5.41, 5.74) is 2.80. The van der Waals surface area contributed by atoms with Gasteiger partial charge in [0.05, 0.1) is 17.3 Å². The van der Waals surface area contributed by atoms with E-state index in [-0.39, 0.29) is 17.4 Å². The van der Waals surface area contributed by atoms with Crippen LogP contribution in [-0.4, -0.2) is 27.9 Å². The first kappa shape index (κ1) is 21.1. The molecule has 2 aliphatic rings. The molecular weight excluding hydrogens is 440 g/mol. The van der Waals surface area contributed by atoms with Gasteiger partial charge in [-0.05, 0) is 59.8 Å². The third-order valence-corrected chi connectivity index (χ3v) is 6.66. The highest BCUT2D eigenvalue weighted by Gasteiger charge is 2.47. The molecule has 1 N–H and O–H groups in total. The molecule has 6 nitrogen and oxygen atoms in total. The lowest BCUT2D eigenvalue weighted by atomic mass is 9.94. The normalized spacial score (nSPS) is 20.8. The second-order valence-corrected chi connectivity index (χ2v) is 8.90. The van der Waals surface area contributed by atoms with Crippen molar-refractivity contribution in [2.45, 2.75) is 25.5 Å². The Morgan fingerprint density at radius 2 is 1.77 bits per heavy atom. The summed E-state index contributed by atoms with van der Waals surface area (Å²) < 4.78 is 5.78. The molecule has 3 aromatic carbocycles. The Balaban J connectivity index is 1.57. The van der Waals surface area contributed by atoms with Crippen LogP contribution in [0.2, 0.25) is 0 Å². The van der Waals surface area contributed by atoms with E-state index in [0.29, 0.717) is 23.2 Å². The van der Waals surface area contributed by atoms with Crippen LogP contribution in [0.25, 0.3) is 16.5 Å². The fourth-order valence-electron chi connectivity index (χ4n) is 5.09. The molecule has 3 heterocycles. The van der Waals surface area contributed by atoms with E-state index >= 15 is 0 Å². The van der Waals surface area contributed by atoms with Crippen molar-refractivity contribution in [1.82, 2.24) is 4.98 Å². The summed E-state index contributed by atoms with van der Waals surface area (Å²) >= 11 is 0. The number of aliphatic hydroxyl groups excluding tert-OH is 1. The van der Waals surface area contributed by atoms with Gasteiger partial charge < -0.3 is 9.84 Å². The Morgan fingerprint density at radius 1 is 1.00 bits per heavy atom. The van der Waals surface area contributed by atoms with Crippen LogP contribution in [0.1, 0.15) is 29.7 Å². The molecular formula is C29H22N2O4. The van der Waals surface area contributed by atoms with Crippen LogP contribution in [0.5, 0.6) is 5.75 Å². The number of amides is 1. The molecule has 0 aliphatic carbocycles. The summed E-state index contributed by atoms with van der Waals surface area (Å²) in [5.74, 6) is -0.823. The molecule has 2 atom stereocenters. The predicted octanol–water partition coefficient (Wildman–Crippen LogP) is 5.18. The first-order valence-electron chi connectivity index (χ1n) is 11.5. The van der Waals surface area contributed by atoms with E-state index in [1.807, 2.05) is 55.5 Å². The van der Waals surface area contributed by atoms with Crippen molar-refractivity contribution in [2.24, 2.45) is 0 Å². The van der Waals surface area contributed by atoms with Crippen molar-refractivity contribution in [3.8, 4) is 5.75 Å². The van der Waals surface area contributed by atoms with Crippen LogP contribution in [0, 0.1) is 0 Å². The van der Waals surface area contributed by atoms with Gasteiger partial charge in [0.1, 0.15) is 17.6 Å². The number of ketones is 1. The fraction of sp³-hybridized carbons (Fsp3) is 0.138. The van der Waals surface area contributed by atoms with E-state index < -0.39 is 17.7 Å². The molecule has 2 unspecified atom stereocenters. The quantitative estimate of drug-likeness (QED) is 0.258. The van der Waals surface area contributed by atoms with Gasteiger partial charge in [-0.15, -0.1) is 0 Å². The van der Waals surface area contributed by atoms with Crippen molar-refractivity contribution in [3.63, 3.8) is 0 Å². The van der Waals surface area contributed by atoms with Crippen LogP contribution in [-0.2, 0) is 16.0 Å². The summed E-state index contributed by atoms with van der Waals surface area (Å²) in [6.45, 7) is 1.98. The number of pyridine rings is 1. The van der Waals surface area contributed by atoms with Crippen molar-refractivity contribution >= 4 is 33.9 Å². The minimum Gasteiger partial charge on any atom is -0.507 e. The first-order chi connectivity index (χ1) is 17.0. The Bertz CT molecular complexity index is 1520. The van der Waals surface area contributed by atoms with E-state index in [2.05, 4.69) is 4.98 Å². The molecule has 2 aliphatic heterocycles. The van der Waals surface area contributed by atoms with Gasteiger partial charge in [0.25, 0.3) is 11.7 Å². The maximum atomic E-state index is 13.5. The van der Waals surface area contributed by atoms with E-state index in [4.69, 9.17) is 4.74 Å². The van der Waals surface area contributed by atoms with Gasteiger partial charge >= 0.3 is 0 Å². The molecule has 6 rings (SSSR count). The van der Waals surface area contributed by atoms with Crippen LogP contribution in [0.3, 0.4) is 0 Å². The number of carbonyl (C=O) groups is 2. The molecule has 6 heteroatoms. The Kier molecular flexibility index (Phi) is 4.88. The second kappa shape index (κ2) is 8.09. The lowest BCUT2D eigenvalue weighted by molar-refractivity contribution is -0.132. The highest BCUT2D eigenvalue weighted by Crippen LogP contribution is 2.44. The van der Waals surface area contributed by atoms with Gasteiger partial charge in [-0.3, -0.25) is 19.5 Å². The van der Waals surface area contributed by atoms with Gasteiger partial charge in [-0.25, -0.2) is 0 Å². The van der Waals surface area contributed by atoms with Crippen molar-refractivity contribution in [1.29, 1.82) is 0 Å². The number of Topliss-reactive ketones (excluding diaryl/α,β-unsaturated/α-hetero) is 1. The molecule has 0 radical (unpaired) electrons. The Labute approximate surface area is 202 Å². The Morgan fingerprint density at radius 3 is 2.60 bits per heavy atom. The van der Waals surface area contributed by atoms with Gasteiger partial charge in [-0.2, -0.15) is 0 Å². The van der Waals surface area contributed by atoms with Crippen molar-refractivity contribution in [3.05, 3.63) is 107 Å². The largest absolute Gasteiger partial charge is 0.507 e. The molecule has 4 aromatic rings. The van der Waals surface area contributed by atoms with Crippen LogP contribution >= 0.6 is 0 Å². The minimum atomic E-state index is -0.799. The number of hydrogen-bond acceptors (Lipinski definition) is 5. The zero-order valence-corrected chi connectivity index (χ0v) is 19.0. The monoisotopic (exact) mass is 462 g/mol. The number of carbonyl (C=O) groups excluding carboxylic acids is 2. The molecule has 172 valence electrons. The van der Waals surface area contributed by atoms with Crippen LogP contribution in [0.15, 0.2) is 90.8 Å². The smallest absolute Gasteiger partial charge is 0.300 e. The standard InChI is InChI=1S/C29H22N2O4/c1-17-15-21-16-20(9-10-24(21)35-17)27(32)25-26(19-11-13-30-14-12-19)31(29(34)28(25)33)23-8-4-6-18-5-2-3-7-22(18)23/h2-14,16-17,26,32H,15H2,1H3/b27-25+. The number of aliphatic hydroxyl groups is 1. The number of anilines is 1. The third kappa shape index (κ3) is 3.37. The second-order valence-electron chi connectivity index (χ2n) is 8.90. The summed E-state index contributed by atoms with van der Waals surface area (Å²) in [4.78, 5) is 32.6. The molecule has 0 spiro atoms. The van der Waals surface area contributed by atoms with Gasteiger partial charge in [0.15, 0.2) is 0 Å². The lowest BCUT2D eigenvalue weighted by Gasteiger charge is -2.26. The molecule has 0 saturated carbocycles. The number of aromatic nitrogens is 1. The van der Waals surface area contributed by atoms with E-state index in [1.54, 1.807) is 36.7 Å². The Hall–Kier alpha value is -4.45. The predicted molar refractivity (Wildman–Crippen MR) is 133 cm³/mol. The van der Waals surface area contributed by atoms with Crippen molar-refractivity contribution in [2.75, 3.05) is 4.90 Å². The van der Waals surface area contributed by atoms with Crippen LogP contribution in [0.4, 0.5) is 5.69 Å². The van der Waals surface area contributed by atoms with Gasteiger partial charge in [-0.1, -0.05) is 36.4 Å². The number of rotatable bonds is 3. The first-order valence-corrected chi connectivity index (χ1v) is 11.5. The highest BCUT2D eigenvalue weighted by atomic mass is 16.5. The van der Waals surface area contributed by atoms with E-state index in [9.17, 15) is 14.7 Å². The number of nitrogens with zero attached hydrogens (tertiary/aromatic N) is 2. The number of fused-ring (bicyclic) bond motifs is 2. The van der Waals surface area contributed by atoms with E-state index in [0.717, 1.165) is 22.1 Å². The number of benzene rings is 3. The summed E-state index contributed by atoms with van der Waals surface area (Å²) in [5, 5.41) is 13.2. The van der Waals surface area contributed by atoms with Crippen LogP contribution < -0.4 is 9.64 Å². The molecule has 1 amide bonds. The maximum absolute atomic E-state index is 13.5. The summed E-state index contributed by atoms with van der Waals surface area (Å²) in [6.07, 6.45) is 4.00. The zero-order chi connectivity index (χ0) is 24.1. The fourth-order valence-corrected chi connectivity index (χ4v) is 5.09. The van der Waals surface area contributed by atoms with Crippen molar-refractivity contribution < 1.29 is 19.4 Å². The van der Waals surface area contributed by atoms with Gasteiger partial charge in [0, 0.05) is 29.8 Å². The third-order valence-electron chi connectivity index (χ3n) is 6.66. The number of ether oxygens (including phenoxy) is 1. The zero-order valence-electron chi connectivity index (χ0n) is 19.0. The maximum Gasteiger partial charge on any atom is 0.300 e. The molecule has 1 saturated heterocycles. The molecule has 35 heavy (non-hydrogen) atoms. The van der Waals surface area contributed by atoms with E-state index in [1.165, 1.54) is 4.90 Å². The molecule has 1 aromatic heterocycles. The lowest BCUT2D eigenvalue weighted by Crippen LogP contribution is -2.29.